The minimum absolute atomic E-state index is 0.00394. The molecule has 184 valence electrons. The highest BCUT2D eigenvalue weighted by Crippen LogP contribution is 2.31. The Morgan fingerprint density at radius 1 is 1.00 bits per heavy atom. The number of halogens is 2. The number of methoxy groups -OCH3 is 1. The molecule has 1 unspecified atom stereocenters. The number of carbonyl (C=O) groups excluding carboxylic acids is 3. The monoisotopic (exact) mass is 541 g/mol. The molecular weight excluding hydrogens is 521 g/mol. The third kappa shape index (κ3) is 6.46. The summed E-state index contributed by atoms with van der Waals surface area (Å²) in [5, 5.41) is 3.70. The third-order valence-electron chi connectivity index (χ3n) is 5.31. The number of ether oxygens (including phenoxy) is 1. The molecule has 1 N–H and O–H groups in total. The van der Waals surface area contributed by atoms with E-state index in [1.165, 1.54) is 18.9 Å². The highest BCUT2D eigenvalue weighted by atomic mass is 35.5. The zero-order chi connectivity index (χ0) is 25.7. The van der Waals surface area contributed by atoms with Gasteiger partial charge in [-0.25, -0.2) is 9.79 Å². The largest absolute Gasteiger partial charge is 0.465 e. The number of hydrogen-bond donors (Lipinski definition) is 1. The van der Waals surface area contributed by atoms with Gasteiger partial charge in [-0.3, -0.25) is 14.5 Å². The Morgan fingerprint density at radius 2 is 1.61 bits per heavy atom. The van der Waals surface area contributed by atoms with E-state index in [0.717, 1.165) is 5.56 Å². The summed E-state index contributed by atoms with van der Waals surface area (Å²) in [6, 6.07) is 20.4. The second-order valence-electron chi connectivity index (χ2n) is 7.85. The van der Waals surface area contributed by atoms with Crippen LogP contribution in [0.1, 0.15) is 22.3 Å². The van der Waals surface area contributed by atoms with Crippen molar-refractivity contribution in [2.75, 3.05) is 12.4 Å². The summed E-state index contributed by atoms with van der Waals surface area (Å²) >= 11 is 13.2. The highest BCUT2D eigenvalue weighted by Gasteiger charge is 2.36. The lowest BCUT2D eigenvalue weighted by atomic mass is 10.2. The van der Waals surface area contributed by atoms with Crippen LogP contribution in [0.25, 0.3) is 0 Å². The summed E-state index contributed by atoms with van der Waals surface area (Å²) in [4.78, 5) is 44.1. The number of carbonyl (C=O) groups is 3. The molecule has 1 aliphatic rings. The molecule has 4 rings (SSSR count). The number of nitrogens with one attached hydrogen (secondary N) is 1. The van der Waals surface area contributed by atoms with Gasteiger partial charge >= 0.3 is 5.97 Å². The lowest BCUT2D eigenvalue weighted by Crippen LogP contribution is -2.44. The molecular formula is C26H21Cl2N3O4S. The zero-order valence-electron chi connectivity index (χ0n) is 19.1. The van der Waals surface area contributed by atoms with Gasteiger partial charge in [0.05, 0.1) is 24.9 Å². The minimum Gasteiger partial charge on any atom is -0.465 e. The molecule has 1 aliphatic heterocycles. The maximum atomic E-state index is 13.2. The van der Waals surface area contributed by atoms with Crippen LogP contribution in [0.3, 0.4) is 0 Å². The van der Waals surface area contributed by atoms with E-state index in [-0.39, 0.29) is 18.2 Å². The van der Waals surface area contributed by atoms with Gasteiger partial charge in [0.2, 0.25) is 11.8 Å². The molecule has 0 radical (unpaired) electrons. The summed E-state index contributed by atoms with van der Waals surface area (Å²) in [5.74, 6) is -1.03. The number of aliphatic imine (C=N–C) groups is 1. The molecule has 10 heteroatoms. The maximum Gasteiger partial charge on any atom is 0.337 e. The van der Waals surface area contributed by atoms with Crippen LogP contribution in [0.5, 0.6) is 0 Å². The summed E-state index contributed by atoms with van der Waals surface area (Å²) in [5.41, 5.74) is 2.36. The summed E-state index contributed by atoms with van der Waals surface area (Å²) in [7, 11) is 1.30. The van der Waals surface area contributed by atoms with Crippen LogP contribution in [-0.4, -0.2) is 40.2 Å². The van der Waals surface area contributed by atoms with Crippen molar-refractivity contribution in [3.63, 3.8) is 0 Å². The van der Waals surface area contributed by atoms with Crippen LogP contribution in [0.15, 0.2) is 77.8 Å². The first-order valence-electron chi connectivity index (χ1n) is 10.9. The van der Waals surface area contributed by atoms with Gasteiger partial charge in [0.25, 0.3) is 0 Å². The van der Waals surface area contributed by atoms with Gasteiger partial charge in [0, 0.05) is 22.2 Å². The number of anilines is 1. The Labute approximate surface area is 222 Å². The Morgan fingerprint density at radius 3 is 2.22 bits per heavy atom. The smallest absolute Gasteiger partial charge is 0.337 e. The van der Waals surface area contributed by atoms with E-state index in [2.05, 4.69) is 10.3 Å². The van der Waals surface area contributed by atoms with Gasteiger partial charge in [0.15, 0.2) is 5.17 Å². The van der Waals surface area contributed by atoms with E-state index in [4.69, 9.17) is 27.9 Å². The van der Waals surface area contributed by atoms with E-state index in [1.807, 2.05) is 12.1 Å². The van der Waals surface area contributed by atoms with Crippen molar-refractivity contribution in [2.45, 2.75) is 18.2 Å². The quantitative estimate of drug-likeness (QED) is 0.390. The van der Waals surface area contributed by atoms with Gasteiger partial charge in [-0.1, -0.05) is 47.1 Å². The van der Waals surface area contributed by atoms with Crippen molar-refractivity contribution in [3.8, 4) is 0 Å². The SMILES string of the molecule is COC(=O)c1ccc(NC(=O)C2CC(=O)N(Cc3ccc(Cl)cc3)C(=Nc3ccc(Cl)cc3)S2)cc1. The van der Waals surface area contributed by atoms with Crippen molar-refractivity contribution < 1.29 is 19.1 Å². The van der Waals surface area contributed by atoms with Crippen molar-refractivity contribution in [1.29, 1.82) is 0 Å². The average molecular weight is 542 g/mol. The summed E-state index contributed by atoms with van der Waals surface area (Å²) in [6.45, 7) is 0.290. The average Bonchev–Trinajstić information content (AvgIpc) is 2.88. The molecule has 1 heterocycles. The number of amidine groups is 1. The van der Waals surface area contributed by atoms with Crippen LogP contribution in [0, 0.1) is 0 Å². The molecule has 0 bridgehead atoms. The van der Waals surface area contributed by atoms with E-state index in [0.29, 0.717) is 38.7 Å². The molecule has 36 heavy (non-hydrogen) atoms. The molecule has 3 aromatic rings. The van der Waals surface area contributed by atoms with Crippen molar-refractivity contribution in [2.24, 2.45) is 4.99 Å². The minimum atomic E-state index is -0.690. The summed E-state index contributed by atoms with van der Waals surface area (Å²) < 4.78 is 4.69. The van der Waals surface area contributed by atoms with Gasteiger partial charge in [0.1, 0.15) is 5.25 Å². The number of rotatable bonds is 6. The Balaban J connectivity index is 1.55. The molecule has 1 saturated heterocycles. The molecule has 2 amide bonds. The van der Waals surface area contributed by atoms with Crippen LogP contribution in [0.4, 0.5) is 11.4 Å². The van der Waals surface area contributed by atoms with Crippen molar-refractivity contribution in [3.05, 3.63) is 94.0 Å². The van der Waals surface area contributed by atoms with Gasteiger partial charge in [-0.2, -0.15) is 0 Å². The lowest BCUT2D eigenvalue weighted by Gasteiger charge is -2.32. The van der Waals surface area contributed by atoms with Crippen LogP contribution in [0.2, 0.25) is 10.0 Å². The first-order chi connectivity index (χ1) is 17.3. The topological polar surface area (TPSA) is 88.1 Å². The number of hydrogen-bond acceptors (Lipinski definition) is 6. The number of amides is 2. The zero-order valence-corrected chi connectivity index (χ0v) is 21.4. The number of thioether (sulfide) groups is 1. The van der Waals surface area contributed by atoms with Crippen LogP contribution >= 0.6 is 35.0 Å². The summed E-state index contributed by atoms with van der Waals surface area (Å²) in [6.07, 6.45) is 0.00394. The lowest BCUT2D eigenvalue weighted by molar-refractivity contribution is -0.129. The molecule has 3 aromatic carbocycles. The standard InChI is InChI=1S/C26H21Cl2N3O4S/c1-35-25(34)17-4-10-20(11-5-17)29-24(33)22-14-23(32)31(15-16-2-6-18(27)7-3-16)26(36-22)30-21-12-8-19(28)9-13-21/h2-13,22H,14-15H2,1H3,(H,29,33). The van der Waals surface area contributed by atoms with E-state index in [1.54, 1.807) is 65.6 Å². The van der Waals surface area contributed by atoms with Crippen LogP contribution in [-0.2, 0) is 20.9 Å². The van der Waals surface area contributed by atoms with E-state index >= 15 is 0 Å². The second kappa shape index (κ2) is 11.6. The fraction of sp³-hybridized carbons (Fsp3) is 0.154. The highest BCUT2D eigenvalue weighted by molar-refractivity contribution is 8.15. The van der Waals surface area contributed by atoms with Crippen molar-refractivity contribution in [1.82, 2.24) is 4.90 Å². The Bertz CT molecular complexity index is 1300. The molecule has 0 aromatic heterocycles. The predicted molar refractivity (Wildman–Crippen MR) is 143 cm³/mol. The van der Waals surface area contributed by atoms with Gasteiger partial charge in [-0.05, 0) is 66.2 Å². The normalized spacial score (nSPS) is 16.6. The Hall–Kier alpha value is -3.33. The fourth-order valence-corrected chi connectivity index (χ4v) is 4.78. The molecule has 0 spiro atoms. The van der Waals surface area contributed by atoms with E-state index in [9.17, 15) is 14.4 Å². The molecule has 0 saturated carbocycles. The first-order valence-corrected chi connectivity index (χ1v) is 12.5. The number of benzene rings is 3. The second-order valence-corrected chi connectivity index (χ2v) is 9.89. The first kappa shape index (κ1) is 25.8. The third-order valence-corrected chi connectivity index (χ3v) is 7.00. The van der Waals surface area contributed by atoms with Crippen LogP contribution < -0.4 is 5.32 Å². The Kier molecular flexibility index (Phi) is 8.30. The van der Waals surface area contributed by atoms with Crippen molar-refractivity contribution >= 4 is 69.3 Å². The van der Waals surface area contributed by atoms with Gasteiger partial charge < -0.3 is 10.1 Å². The molecule has 1 atom stereocenters. The predicted octanol–water partition coefficient (Wildman–Crippen LogP) is 5.94. The molecule has 7 nitrogen and oxygen atoms in total. The maximum absolute atomic E-state index is 13.2. The molecule has 0 aliphatic carbocycles. The number of nitrogens with zero attached hydrogens (tertiary/aromatic N) is 2. The number of esters is 1. The fourth-order valence-electron chi connectivity index (χ4n) is 3.43. The molecule has 1 fully saturated rings. The van der Waals surface area contributed by atoms with Gasteiger partial charge in [-0.15, -0.1) is 0 Å². The van der Waals surface area contributed by atoms with E-state index < -0.39 is 11.2 Å².